The fraction of sp³-hybridized carbons (Fsp3) is 0.455. The summed E-state index contributed by atoms with van der Waals surface area (Å²) in [4.78, 5) is 0.587. The van der Waals surface area contributed by atoms with E-state index in [0.717, 1.165) is 5.75 Å². The molecule has 0 amide bonds. The molecule has 0 aromatic heterocycles. The van der Waals surface area contributed by atoms with Crippen molar-refractivity contribution in [3.8, 4) is 0 Å². The molecule has 0 unspecified atom stereocenters. The maximum atomic E-state index is 13.4. The van der Waals surface area contributed by atoms with Gasteiger partial charge in [-0.25, -0.2) is 4.39 Å². The van der Waals surface area contributed by atoms with Crippen molar-refractivity contribution in [2.45, 2.75) is 25.3 Å². The van der Waals surface area contributed by atoms with Crippen molar-refractivity contribution in [1.82, 2.24) is 0 Å². The van der Waals surface area contributed by atoms with E-state index >= 15 is 0 Å². The average Bonchev–Trinajstić information content (AvgIpc) is 2.15. The van der Waals surface area contributed by atoms with Gasteiger partial charge in [0.25, 0.3) is 0 Å². The van der Waals surface area contributed by atoms with Crippen molar-refractivity contribution in [3.63, 3.8) is 0 Å². The summed E-state index contributed by atoms with van der Waals surface area (Å²) in [5.74, 6) is 1.15. The van der Waals surface area contributed by atoms with Gasteiger partial charge in [-0.1, -0.05) is 26.0 Å². The Morgan fingerprint density at radius 3 is 2.71 bits per heavy atom. The molecule has 78 valence electrons. The minimum atomic E-state index is -0.234. The SMILES string of the molecule is CC(C)CSc1c(F)cccc1CO. The Morgan fingerprint density at radius 1 is 1.43 bits per heavy atom. The fourth-order valence-corrected chi connectivity index (χ4v) is 2.11. The van der Waals surface area contributed by atoms with E-state index in [2.05, 4.69) is 13.8 Å². The monoisotopic (exact) mass is 214 g/mol. The maximum Gasteiger partial charge on any atom is 0.137 e. The smallest absolute Gasteiger partial charge is 0.137 e. The van der Waals surface area contributed by atoms with Crippen LogP contribution in [0.1, 0.15) is 19.4 Å². The first-order valence-corrected chi connectivity index (χ1v) is 5.64. The highest BCUT2D eigenvalue weighted by atomic mass is 32.2. The molecule has 0 heterocycles. The second kappa shape index (κ2) is 5.37. The lowest BCUT2D eigenvalue weighted by Gasteiger charge is -2.09. The lowest BCUT2D eigenvalue weighted by atomic mass is 10.2. The quantitative estimate of drug-likeness (QED) is 0.777. The third-order valence-corrected chi connectivity index (χ3v) is 3.36. The van der Waals surface area contributed by atoms with Crippen LogP contribution in [0.4, 0.5) is 4.39 Å². The lowest BCUT2D eigenvalue weighted by Crippen LogP contribution is -1.96. The molecule has 0 aliphatic heterocycles. The topological polar surface area (TPSA) is 20.2 Å². The molecule has 0 aliphatic rings. The second-order valence-electron chi connectivity index (χ2n) is 3.59. The minimum Gasteiger partial charge on any atom is -0.392 e. The molecule has 14 heavy (non-hydrogen) atoms. The third kappa shape index (κ3) is 3.00. The number of benzene rings is 1. The predicted octanol–water partition coefficient (Wildman–Crippen LogP) is 3.07. The Kier molecular flexibility index (Phi) is 4.42. The lowest BCUT2D eigenvalue weighted by molar-refractivity contribution is 0.277. The molecule has 1 aromatic rings. The summed E-state index contributed by atoms with van der Waals surface area (Å²) < 4.78 is 13.4. The zero-order valence-corrected chi connectivity index (χ0v) is 9.27. The Morgan fingerprint density at radius 2 is 2.14 bits per heavy atom. The van der Waals surface area contributed by atoms with Crippen molar-refractivity contribution >= 4 is 11.8 Å². The Bertz CT molecular complexity index is 299. The average molecular weight is 214 g/mol. The van der Waals surface area contributed by atoms with Gasteiger partial charge in [0.05, 0.1) is 6.61 Å². The maximum absolute atomic E-state index is 13.4. The molecule has 0 radical (unpaired) electrons. The Hall–Kier alpha value is -0.540. The number of hydrogen-bond donors (Lipinski definition) is 1. The third-order valence-electron chi connectivity index (χ3n) is 1.78. The minimum absolute atomic E-state index is 0.0990. The number of thioether (sulfide) groups is 1. The van der Waals surface area contributed by atoms with E-state index in [9.17, 15) is 4.39 Å². The number of aliphatic hydroxyl groups excluding tert-OH is 1. The number of hydrogen-bond acceptors (Lipinski definition) is 2. The highest BCUT2D eigenvalue weighted by molar-refractivity contribution is 7.99. The summed E-state index contributed by atoms with van der Waals surface area (Å²) >= 11 is 1.47. The summed E-state index contributed by atoms with van der Waals surface area (Å²) in [6.07, 6.45) is 0. The van der Waals surface area contributed by atoms with Crippen LogP contribution in [0.25, 0.3) is 0 Å². The van der Waals surface area contributed by atoms with Crippen LogP contribution in [0.3, 0.4) is 0 Å². The van der Waals surface area contributed by atoms with Gasteiger partial charge in [-0.3, -0.25) is 0 Å². The molecule has 0 saturated carbocycles. The molecule has 0 fully saturated rings. The van der Waals surface area contributed by atoms with Crippen LogP contribution in [0.2, 0.25) is 0 Å². The summed E-state index contributed by atoms with van der Waals surface area (Å²) in [6, 6.07) is 4.81. The summed E-state index contributed by atoms with van der Waals surface area (Å²) in [6.45, 7) is 4.08. The highest BCUT2D eigenvalue weighted by Gasteiger charge is 2.08. The first-order chi connectivity index (χ1) is 6.65. The van der Waals surface area contributed by atoms with Gasteiger partial charge in [-0.2, -0.15) is 0 Å². The van der Waals surface area contributed by atoms with Crippen molar-refractivity contribution in [2.24, 2.45) is 5.92 Å². The van der Waals surface area contributed by atoms with E-state index < -0.39 is 0 Å². The largest absolute Gasteiger partial charge is 0.392 e. The summed E-state index contributed by atoms with van der Waals surface area (Å²) in [7, 11) is 0. The Labute approximate surface area is 88.3 Å². The van der Waals surface area contributed by atoms with Crippen LogP contribution >= 0.6 is 11.8 Å². The van der Waals surface area contributed by atoms with E-state index in [1.165, 1.54) is 17.8 Å². The van der Waals surface area contributed by atoms with Gasteiger partial charge in [0.15, 0.2) is 0 Å². The summed E-state index contributed by atoms with van der Waals surface area (Å²) in [5.41, 5.74) is 0.677. The predicted molar refractivity (Wildman–Crippen MR) is 57.9 cm³/mol. The molecule has 0 saturated heterocycles. The van der Waals surface area contributed by atoms with Crippen molar-refractivity contribution < 1.29 is 9.50 Å². The van der Waals surface area contributed by atoms with Gasteiger partial charge >= 0.3 is 0 Å². The number of rotatable bonds is 4. The number of halogens is 1. The normalized spacial score (nSPS) is 10.9. The van der Waals surface area contributed by atoms with E-state index in [4.69, 9.17) is 5.11 Å². The molecule has 0 spiro atoms. The van der Waals surface area contributed by atoms with Gasteiger partial charge in [0.1, 0.15) is 5.82 Å². The summed E-state index contributed by atoms with van der Waals surface area (Å²) in [5, 5.41) is 9.03. The van der Waals surface area contributed by atoms with E-state index in [0.29, 0.717) is 16.4 Å². The molecule has 0 bridgehead atoms. The van der Waals surface area contributed by atoms with Gasteiger partial charge in [0.2, 0.25) is 0 Å². The van der Waals surface area contributed by atoms with Gasteiger partial charge in [0, 0.05) is 10.6 Å². The van der Waals surface area contributed by atoms with E-state index in [1.54, 1.807) is 12.1 Å². The van der Waals surface area contributed by atoms with Gasteiger partial charge in [-0.05, 0) is 17.5 Å². The van der Waals surface area contributed by atoms with Crippen LogP contribution in [0.5, 0.6) is 0 Å². The molecular weight excluding hydrogens is 199 g/mol. The van der Waals surface area contributed by atoms with Crippen molar-refractivity contribution in [3.05, 3.63) is 29.6 Å². The molecule has 0 atom stereocenters. The number of aliphatic hydroxyl groups is 1. The van der Waals surface area contributed by atoms with Gasteiger partial charge in [-0.15, -0.1) is 11.8 Å². The zero-order valence-electron chi connectivity index (χ0n) is 8.46. The van der Waals surface area contributed by atoms with Crippen LogP contribution in [0.15, 0.2) is 23.1 Å². The van der Waals surface area contributed by atoms with Crippen molar-refractivity contribution in [1.29, 1.82) is 0 Å². The molecule has 1 aromatic carbocycles. The first-order valence-electron chi connectivity index (χ1n) is 4.66. The fourth-order valence-electron chi connectivity index (χ4n) is 1.09. The van der Waals surface area contributed by atoms with Crippen molar-refractivity contribution in [2.75, 3.05) is 5.75 Å². The van der Waals surface area contributed by atoms with E-state index in [-0.39, 0.29) is 12.4 Å². The van der Waals surface area contributed by atoms with Gasteiger partial charge < -0.3 is 5.11 Å². The molecular formula is C11H15FOS. The standard InChI is InChI=1S/C11H15FOS/c1-8(2)7-14-11-9(6-13)4-3-5-10(11)12/h3-5,8,13H,6-7H2,1-2H3. The van der Waals surface area contributed by atoms with E-state index in [1.807, 2.05) is 0 Å². The molecule has 1 N–H and O–H groups in total. The highest BCUT2D eigenvalue weighted by Crippen LogP contribution is 2.27. The molecule has 1 nitrogen and oxygen atoms in total. The molecule has 0 aliphatic carbocycles. The van der Waals surface area contributed by atoms with Crippen LogP contribution < -0.4 is 0 Å². The van der Waals surface area contributed by atoms with Crippen LogP contribution in [-0.2, 0) is 6.61 Å². The van der Waals surface area contributed by atoms with Crippen LogP contribution in [0, 0.1) is 11.7 Å². The molecule has 1 rings (SSSR count). The Balaban J connectivity index is 2.82. The zero-order chi connectivity index (χ0) is 10.6. The van der Waals surface area contributed by atoms with Crippen LogP contribution in [-0.4, -0.2) is 10.9 Å². The second-order valence-corrected chi connectivity index (χ2v) is 4.62. The first kappa shape index (κ1) is 11.5. The molecule has 3 heteroatoms.